The molecule has 0 aliphatic heterocycles. The van der Waals surface area contributed by atoms with Crippen molar-refractivity contribution in [3.8, 4) is 11.5 Å². The number of aromatic nitrogens is 1. The molecule has 0 radical (unpaired) electrons. The molecule has 0 aliphatic rings. The van der Waals surface area contributed by atoms with Crippen LogP contribution in [-0.4, -0.2) is 17.0 Å². The van der Waals surface area contributed by atoms with E-state index in [-0.39, 0.29) is 18.0 Å². The zero-order valence-corrected chi connectivity index (χ0v) is 11.3. The zero-order valence-electron chi connectivity index (χ0n) is 10.6. The molecule has 0 N–H and O–H groups in total. The average molecular weight is 295 g/mol. The van der Waals surface area contributed by atoms with Gasteiger partial charge in [-0.1, -0.05) is 11.6 Å². The molecule has 0 amide bonds. The standard InChI is InChI=1S/C13H11ClN2O4/c1-19-10-2-3-12(11(7-10)16(17)18)20-8-9-4-5-15-13(14)6-9/h2-7H,8H2,1H3. The van der Waals surface area contributed by atoms with E-state index in [1.807, 2.05) is 0 Å². The largest absolute Gasteiger partial charge is 0.496 e. The van der Waals surface area contributed by atoms with Gasteiger partial charge in [0.1, 0.15) is 17.5 Å². The molecule has 104 valence electrons. The first-order valence-corrected chi connectivity index (χ1v) is 6.03. The predicted molar refractivity (Wildman–Crippen MR) is 73.2 cm³/mol. The summed E-state index contributed by atoms with van der Waals surface area (Å²) in [6, 6.07) is 7.77. The van der Waals surface area contributed by atoms with E-state index in [0.717, 1.165) is 5.56 Å². The summed E-state index contributed by atoms with van der Waals surface area (Å²) < 4.78 is 10.4. The van der Waals surface area contributed by atoms with E-state index < -0.39 is 4.92 Å². The fourth-order valence-corrected chi connectivity index (χ4v) is 1.78. The minimum atomic E-state index is -0.516. The van der Waals surface area contributed by atoms with Crippen molar-refractivity contribution in [3.63, 3.8) is 0 Å². The maximum absolute atomic E-state index is 11.0. The van der Waals surface area contributed by atoms with Crippen molar-refractivity contribution in [2.24, 2.45) is 0 Å². The topological polar surface area (TPSA) is 74.5 Å². The highest BCUT2D eigenvalue weighted by atomic mass is 35.5. The number of methoxy groups -OCH3 is 1. The van der Waals surface area contributed by atoms with Gasteiger partial charge in [0.15, 0.2) is 5.75 Å². The Morgan fingerprint density at radius 3 is 2.80 bits per heavy atom. The summed E-state index contributed by atoms with van der Waals surface area (Å²) in [5, 5.41) is 11.3. The predicted octanol–water partition coefficient (Wildman–Crippen LogP) is 3.23. The normalized spacial score (nSPS) is 10.1. The Morgan fingerprint density at radius 2 is 2.15 bits per heavy atom. The van der Waals surface area contributed by atoms with E-state index in [0.29, 0.717) is 10.9 Å². The maximum Gasteiger partial charge on any atom is 0.314 e. The first-order chi connectivity index (χ1) is 9.60. The van der Waals surface area contributed by atoms with Crippen LogP contribution in [0.15, 0.2) is 36.5 Å². The quantitative estimate of drug-likeness (QED) is 0.481. The number of nitro groups is 1. The van der Waals surface area contributed by atoms with Gasteiger partial charge < -0.3 is 9.47 Å². The van der Waals surface area contributed by atoms with Crippen LogP contribution in [0.4, 0.5) is 5.69 Å². The number of hydrogen-bond acceptors (Lipinski definition) is 5. The monoisotopic (exact) mass is 294 g/mol. The molecule has 0 saturated carbocycles. The molecule has 1 aromatic carbocycles. The molecule has 0 aliphatic carbocycles. The number of rotatable bonds is 5. The van der Waals surface area contributed by atoms with Gasteiger partial charge in [-0.05, 0) is 29.8 Å². The third-order valence-corrected chi connectivity index (χ3v) is 2.75. The van der Waals surface area contributed by atoms with Crippen LogP contribution in [0, 0.1) is 10.1 Å². The van der Waals surface area contributed by atoms with Gasteiger partial charge in [0, 0.05) is 6.20 Å². The smallest absolute Gasteiger partial charge is 0.314 e. The maximum atomic E-state index is 11.0. The fraction of sp³-hybridized carbons (Fsp3) is 0.154. The Hall–Kier alpha value is -2.34. The number of benzene rings is 1. The van der Waals surface area contributed by atoms with E-state index in [4.69, 9.17) is 21.1 Å². The van der Waals surface area contributed by atoms with E-state index in [1.165, 1.54) is 19.2 Å². The highest BCUT2D eigenvalue weighted by Crippen LogP contribution is 2.31. The molecule has 2 aromatic rings. The van der Waals surface area contributed by atoms with Crippen LogP contribution in [0.3, 0.4) is 0 Å². The lowest BCUT2D eigenvalue weighted by Crippen LogP contribution is -2.00. The van der Waals surface area contributed by atoms with E-state index >= 15 is 0 Å². The van der Waals surface area contributed by atoms with Gasteiger partial charge in [-0.3, -0.25) is 10.1 Å². The molecule has 2 rings (SSSR count). The van der Waals surface area contributed by atoms with Crippen LogP contribution in [0.25, 0.3) is 0 Å². The summed E-state index contributed by atoms with van der Waals surface area (Å²) in [4.78, 5) is 14.3. The molecular formula is C13H11ClN2O4. The van der Waals surface area contributed by atoms with Crippen molar-refractivity contribution >= 4 is 17.3 Å². The van der Waals surface area contributed by atoms with E-state index in [2.05, 4.69) is 4.98 Å². The number of pyridine rings is 1. The van der Waals surface area contributed by atoms with Crippen LogP contribution < -0.4 is 9.47 Å². The third-order valence-electron chi connectivity index (χ3n) is 2.55. The SMILES string of the molecule is COc1ccc(OCc2ccnc(Cl)c2)c([N+](=O)[O-])c1. The van der Waals surface area contributed by atoms with E-state index in [1.54, 1.807) is 24.4 Å². The fourth-order valence-electron chi connectivity index (χ4n) is 1.58. The van der Waals surface area contributed by atoms with Gasteiger partial charge in [0.2, 0.25) is 0 Å². The van der Waals surface area contributed by atoms with Crippen LogP contribution in [0.1, 0.15) is 5.56 Å². The van der Waals surface area contributed by atoms with Crippen molar-refractivity contribution in [2.75, 3.05) is 7.11 Å². The number of ether oxygens (including phenoxy) is 2. The van der Waals surface area contributed by atoms with Crippen molar-refractivity contribution < 1.29 is 14.4 Å². The highest BCUT2D eigenvalue weighted by Gasteiger charge is 2.16. The Morgan fingerprint density at radius 1 is 1.35 bits per heavy atom. The van der Waals surface area contributed by atoms with Crippen LogP contribution in [0.5, 0.6) is 11.5 Å². The van der Waals surface area contributed by atoms with Gasteiger partial charge >= 0.3 is 5.69 Å². The zero-order chi connectivity index (χ0) is 14.5. The number of halogens is 1. The molecule has 0 atom stereocenters. The second kappa shape index (κ2) is 6.21. The highest BCUT2D eigenvalue weighted by molar-refractivity contribution is 6.29. The Kier molecular flexibility index (Phi) is 4.37. The van der Waals surface area contributed by atoms with Gasteiger partial charge in [-0.25, -0.2) is 4.98 Å². The summed E-state index contributed by atoms with van der Waals surface area (Å²) in [5.41, 5.74) is 0.625. The molecule has 20 heavy (non-hydrogen) atoms. The molecule has 0 spiro atoms. The molecular weight excluding hydrogens is 284 g/mol. The second-order valence-electron chi connectivity index (χ2n) is 3.87. The molecule has 1 aromatic heterocycles. The molecule has 0 unspecified atom stereocenters. The Labute approximate surface area is 120 Å². The van der Waals surface area contributed by atoms with Gasteiger partial charge in [-0.2, -0.15) is 0 Å². The Balaban J connectivity index is 2.18. The average Bonchev–Trinajstić information content (AvgIpc) is 2.45. The lowest BCUT2D eigenvalue weighted by Gasteiger charge is -2.08. The summed E-state index contributed by atoms with van der Waals surface area (Å²) in [6.07, 6.45) is 1.55. The number of hydrogen-bond donors (Lipinski definition) is 0. The third kappa shape index (κ3) is 3.36. The molecule has 0 fully saturated rings. The first-order valence-electron chi connectivity index (χ1n) is 5.66. The van der Waals surface area contributed by atoms with E-state index in [9.17, 15) is 10.1 Å². The van der Waals surface area contributed by atoms with Crippen molar-refractivity contribution in [3.05, 3.63) is 57.4 Å². The molecule has 6 nitrogen and oxygen atoms in total. The molecule has 0 bridgehead atoms. The molecule has 0 saturated heterocycles. The minimum absolute atomic E-state index is 0.149. The summed E-state index contributed by atoms with van der Waals surface area (Å²) in [5.74, 6) is 0.569. The summed E-state index contributed by atoms with van der Waals surface area (Å²) in [6.45, 7) is 0.162. The second-order valence-corrected chi connectivity index (χ2v) is 4.25. The first kappa shape index (κ1) is 14.1. The summed E-state index contributed by atoms with van der Waals surface area (Å²) in [7, 11) is 1.44. The van der Waals surface area contributed by atoms with Gasteiger partial charge in [0.25, 0.3) is 0 Å². The summed E-state index contributed by atoms with van der Waals surface area (Å²) >= 11 is 5.76. The minimum Gasteiger partial charge on any atom is -0.496 e. The lowest BCUT2D eigenvalue weighted by molar-refractivity contribution is -0.386. The van der Waals surface area contributed by atoms with Crippen LogP contribution in [0.2, 0.25) is 5.15 Å². The molecule has 7 heteroatoms. The van der Waals surface area contributed by atoms with Gasteiger partial charge in [0.05, 0.1) is 18.1 Å². The van der Waals surface area contributed by atoms with Gasteiger partial charge in [-0.15, -0.1) is 0 Å². The number of nitrogens with zero attached hydrogens (tertiary/aromatic N) is 2. The Bertz CT molecular complexity index is 634. The molecule has 1 heterocycles. The van der Waals surface area contributed by atoms with Crippen molar-refractivity contribution in [2.45, 2.75) is 6.61 Å². The van der Waals surface area contributed by atoms with Crippen LogP contribution >= 0.6 is 11.6 Å². The number of nitro benzene ring substituents is 1. The van der Waals surface area contributed by atoms with Crippen molar-refractivity contribution in [1.29, 1.82) is 0 Å². The lowest BCUT2D eigenvalue weighted by atomic mass is 10.2. The van der Waals surface area contributed by atoms with Crippen molar-refractivity contribution in [1.82, 2.24) is 4.98 Å². The van der Waals surface area contributed by atoms with Crippen LogP contribution in [-0.2, 0) is 6.61 Å².